The van der Waals surface area contributed by atoms with E-state index < -0.39 is 0 Å². The number of hydrogen-bond acceptors (Lipinski definition) is 2. The molecule has 60 heavy (non-hydrogen) atoms. The van der Waals surface area contributed by atoms with Gasteiger partial charge in [0.05, 0.1) is 0 Å². The number of fused-ring (bicyclic) bond motifs is 4. The van der Waals surface area contributed by atoms with E-state index in [0.717, 1.165) is 13.1 Å². The zero-order valence-corrected chi connectivity index (χ0v) is 44.2. The molecule has 6 aromatic carbocycles. The van der Waals surface area contributed by atoms with Crippen LogP contribution < -0.4 is 59.4 Å². The van der Waals surface area contributed by atoms with Gasteiger partial charge in [0.2, 0.25) is 0 Å². The van der Waals surface area contributed by atoms with Crippen molar-refractivity contribution in [2.75, 3.05) is 22.9 Å². The van der Waals surface area contributed by atoms with E-state index in [-0.39, 0.29) is 119 Å². The van der Waals surface area contributed by atoms with E-state index >= 15 is 0 Å². The summed E-state index contributed by atoms with van der Waals surface area (Å²) in [6, 6.07) is 50.5. The molecule has 10 rings (SSSR count). The number of para-hydroxylation sites is 2. The van der Waals surface area contributed by atoms with Crippen LogP contribution in [0.4, 0.5) is 11.4 Å². The standard InChI is InChI=1S/2C16H17NSi.2C9H7.4ClH.2Zr/c1-18(2)12-13-8-14-10-17(11-15(14)9-13)16-6-4-3-5-7-16;1-18(2)12-13-10-14-8-9-17(16(14)11-13)15-6-4-3-5-7-15;2*1-2-5-9-7-3-6-8(9)4-1;;;;;;/h3-10,12H,11H2,1-2H3;3-8,10-12H,9H2,1-2H3;2*1-7H;4*1H;;/q;;2*-1;;;;;2*+4/p-4. The maximum absolute atomic E-state index is 2.42. The molecule has 0 aromatic heterocycles. The van der Waals surface area contributed by atoms with Gasteiger partial charge in [0, 0.05) is 53.2 Å². The number of benzene rings is 4. The van der Waals surface area contributed by atoms with Crippen LogP contribution in [0.15, 0.2) is 216 Å². The van der Waals surface area contributed by atoms with Gasteiger partial charge in [0.15, 0.2) is 0 Å². The Labute approximate surface area is 423 Å². The molecule has 2 aliphatic carbocycles. The minimum Gasteiger partial charge on any atom is -1.00 e. The molecule has 300 valence electrons. The number of halogens is 4. The Bertz CT molecular complexity index is 2380. The van der Waals surface area contributed by atoms with E-state index in [4.69, 9.17) is 0 Å². The quantitative estimate of drug-likeness (QED) is 0.181. The van der Waals surface area contributed by atoms with Crippen molar-refractivity contribution in [3.8, 4) is 0 Å². The average Bonchev–Trinajstić information content (AvgIpc) is 4.03. The fourth-order valence-electron chi connectivity index (χ4n) is 7.09. The number of anilines is 2. The van der Waals surface area contributed by atoms with E-state index in [1.54, 1.807) is 0 Å². The van der Waals surface area contributed by atoms with Crippen LogP contribution in [0.2, 0.25) is 26.2 Å². The van der Waals surface area contributed by atoms with Gasteiger partial charge in [0.25, 0.3) is 0 Å². The minimum atomic E-state index is -0.313. The van der Waals surface area contributed by atoms with Crippen LogP contribution in [0, 0.1) is 0 Å². The van der Waals surface area contributed by atoms with Gasteiger partial charge in [-0.3, -0.25) is 0 Å². The summed E-state index contributed by atoms with van der Waals surface area (Å²) >= 11 is 0. The molecule has 0 fully saturated rings. The first-order valence-electron chi connectivity index (χ1n) is 18.8. The SMILES string of the molecule is C[Si](C)=CC1=CC2=CCN(c3ccccc3)C2=C1.C[Si](C)=CC1=CC2=CN(c3ccccc3)CC2=C1.[Cl-].[Cl-].[Cl-].[Cl-].[Zr+4].[Zr+4].c1ccc2[cH-]ccc2c1.c1ccc2[cH-]ccc2c1. The van der Waals surface area contributed by atoms with Gasteiger partial charge >= 0.3 is 52.4 Å². The first-order chi connectivity index (χ1) is 26.4. The van der Waals surface area contributed by atoms with Gasteiger partial charge in [-0.15, -0.1) is 59.3 Å². The van der Waals surface area contributed by atoms with E-state index in [1.165, 1.54) is 66.5 Å². The molecular formula is C50H48Cl4N2Si2Zr2+2. The van der Waals surface area contributed by atoms with Crippen molar-refractivity contribution in [2.24, 2.45) is 0 Å². The maximum Gasteiger partial charge on any atom is 4.00 e. The molecule has 0 saturated carbocycles. The van der Waals surface area contributed by atoms with Crippen LogP contribution in [0.1, 0.15) is 0 Å². The molecule has 0 saturated heterocycles. The molecule has 0 amide bonds. The Morgan fingerprint density at radius 1 is 0.517 bits per heavy atom. The molecule has 0 N–H and O–H groups in total. The predicted octanol–water partition coefficient (Wildman–Crippen LogP) is -0.0812. The van der Waals surface area contributed by atoms with Gasteiger partial charge in [-0.2, -0.15) is 35.0 Å². The third-order valence-electron chi connectivity index (χ3n) is 9.54. The molecule has 0 radical (unpaired) electrons. The Hall–Kier alpha value is -2.76. The number of nitrogens with zero attached hydrogens (tertiary/aromatic N) is 2. The molecule has 0 spiro atoms. The van der Waals surface area contributed by atoms with Gasteiger partial charge in [-0.25, -0.2) is 0 Å². The molecule has 2 heterocycles. The van der Waals surface area contributed by atoms with E-state index in [1.807, 2.05) is 0 Å². The second-order valence-corrected chi connectivity index (χ2v) is 19.3. The molecule has 6 aromatic rings. The topological polar surface area (TPSA) is 6.48 Å². The predicted molar refractivity (Wildman–Crippen MR) is 242 cm³/mol. The van der Waals surface area contributed by atoms with Gasteiger partial charge in [0.1, 0.15) is 0 Å². The van der Waals surface area contributed by atoms with Crippen molar-refractivity contribution in [3.63, 3.8) is 0 Å². The van der Waals surface area contributed by atoms with E-state index in [0.29, 0.717) is 0 Å². The van der Waals surface area contributed by atoms with Crippen molar-refractivity contribution in [2.45, 2.75) is 26.2 Å². The second-order valence-electron chi connectivity index (χ2n) is 14.4. The fraction of sp³-hybridized carbons (Fsp3) is 0.120. The molecule has 2 aliphatic heterocycles. The fourth-order valence-corrected chi connectivity index (χ4v) is 8.75. The molecule has 4 aliphatic rings. The van der Waals surface area contributed by atoms with E-state index in [2.05, 4.69) is 230 Å². The molecule has 10 heteroatoms. The van der Waals surface area contributed by atoms with Crippen molar-refractivity contribution >= 4 is 61.1 Å². The Balaban J connectivity index is 0.000000403. The Kier molecular flexibility index (Phi) is 25.2. The molecule has 0 unspecified atom stereocenters. The largest absolute Gasteiger partial charge is 4.00 e. The van der Waals surface area contributed by atoms with Crippen LogP contribution in [0.25, 0.3) is 21.5 Å². The van der Waals surface area contributed by atoms with Crippen LogP contribution in [-0.4, -0.2) is 41.3 Å². The Morgan fingerprint density at radius 2 is 0.983 bits per heavy atom. The van der Waals surface area contributed by atoms with Crippen LogP contribution in [0.3, 0.4) is 0 Å². The first kappa shape index (κ1) is 55.3. The summed E-state index contributed by atoms with van der Waals surface area (Å²) in [5.41, 5.74) is 15.8. The minimum absolute atomic E-state index is 0. The molecule has 2 nitrogen and oxygen atoms in total. The smallest absolute Gasteiger partial charge is 1.00 e. The number of rotatable bonds is 4. The second kappa shape index (κ2) is 27.3. The zero-order valence-electron chi connectivity index (χ0n) is 34.3. The summed E-state index contributed by atoms with van der Waals surface area (Å²) in [4.78, 5) is 4.70. The third-order valence-corrected chi connectivity index (χ3v) is 11.4. The van der Waals surface area contributed by atoms with Gasteiger partial charge in [-0.1, -0.05) is 92.1 Å². The van der Waals surface area contributed by atoms with Crippen LogP contribution >= 0.6 is 0 Å². The first-order valence-corrected chi connectivity index (χ1v) is 24.0. The summed E-state index contributed by atoms with van der Waals surface area (Å²) in [5, 5.41) is 5.32. The van der Waals surface area contributed by atoms with Crippen LogP contribution in [-0.2, 0) is 52.4 Å². The summed E-state index contributed by atoms with van der Waals surface area (Å²) in [6.45, 7) is 11.3. The van der Waals surface area contributed by atoms with Crippen molar-refractivity contribution in [1.29, 1.82) is 0 Å². The monoisotopic (exact) mass is 1050 g/mol. The molecule has 0 atom stereocenters. The van der Waals surface area contributed by atoms with Crippen molar-refractivity contribution < 1.29 is 102 Å². The van der Waals surface area contributed by atoms with Crippen molar-refractivity contribution in [1.82, 2.24) is 0 Å². The normalized spacial score (nSPS) is 13.3. The van der Waals surface area contributed by atoms with Crippen LogP contribution in [0.5, 0.6) is 0 Å². The van der Waals surface area contributed by atoms with E-state index in [9.17, 15) is 0 Å². The number of allylic oxidation sites excluding steroid dienone is 6. The summed E-state index contributed by atoms with van der Waals surface area (Å²) in [5.74, 6) is 0. The van der Waals surface area contributed by atoms with Gasteiger partial charge in [-0.05, 0) is 76.4 Å². The summed E-state index contributed by atoms with van der Waals surface area (Å²) < 4.78 is 0. The molecular weight excluding hydrogens is 1010 g/mol. The van der Waals surface area contributed by atoms with Gasteiger partial charge < -0.3 is 59.4 Å². The number of hydrogen-bond donors (Lipinski definition) is 0. The van der Waals surface area contributed by atoms with Crippen molar-refractivity contribution in [3.05, 3.63) is 216 Å². The zero-order chi connectivity index (χ0) is 37.3. The summed E-state index contributed by atoms with van der Waals surface area (Å²) in [6.07, 6.45) is 13.9. The Morgan fingerprint density at radius 3 is 1.48 bits per heavy atom. The maximum atomic E-state index is 2.42. The molecule has 0 bridgehead atoms. The average molecular weight is 1060 g/mol. The third kappa shape index (κ3) is 15.0. The summed E-state index contributed by atoms with van der Waals surface area (Å²) in [7, 11) is -0.604.